The van der Waals surface area contributed by atoms with Crippen molar-refractivity contribution in [3.8, 4) is 6.07 Å². The summed E-state index contributed by atoms with van der Waals surface area (Å²) in [5.41, 5.74) is 0.321. The molecule has 1 amide bonds. The molecule has 112 valence electrons. The van der Waals surface area contributed by atoms with Crippen molar-refractivity contribution in [2.75, 3.05) is 5.32 Å². The molecule has 0 spiro atoms. The van der Waals surface area contributed by atoms with Crippen LogP contribution < -0.4 is 5.32 Å². The molecule has 0 atom stereocenters. The average molecular weight is 465 g/mol. The van der Waals surface area contributed by atoms with Crippen LogP contribution in [-0.4, -0.2) is 5.91 Å². The zero-order valence-corrected chi connectivity index (χ0v) is 15.3. The second-order valence-electron chi connectivity index (χ2n) is 4.02. The Balaban J connectivity index is 2.22. The predicted octanol–water partition coefficient (Wildman–Crippen LogP) is 5.66. The highest BCUT2D eigenvalue weighted by atomic mass is 79.9. The molecule has 0 aliphatic heterocycles. The van der Waals surface area contributed by atoms with Crippen LogP contribution in [-0.2, 0) is 4.79 Å². The van der Waals surface area contributed by atoms with Crippen LogP contribution in [0.1, 0.15) is 5.76 Å². The number of anilines is 1. The number of halogens is 4. The zero-order valence-electron chi connectivity index (χ0n) is 10.7. The Morgan fingerprint density at radius 1 is 1.27 bits per heavy atom. The van der Waals surface area contributed by atoms with Gasteiger partial charge in [-0.15, -0.1) is 0 Å². The maximum atomic E-state index is 12.1. The molecule has 0 saturated carbocycles. The number of benzene rings is 1. The number of amides is 1. The van der Waals surface area contributed by atoms with Gasteiger partial charge in [0, 0.05) is 11.8 Å². The van der Waals surface area contributed by atoms with Gasteiger partial charge in [0.25, 0.3) is 5.91 Å². The van der Waals surface area contributed by atoms with Crippen molar-refractivity contribution < 1.29 is 9.21 Å². The van der Waals surface area contributed by atoms with Gasteiger partial charge in [-0.3, -0.25) is 4.79 Å². The van der Waals surface area contributed by atoms with Crippen molar-refractivity contribution in [2.24, 2.45) is 0 Å². The smallest absolute Gasteiger partial charge is 0.266 e. The van der Waals surface area contributed by atoms with E-state index in [0.29, 0.717) is 30.6 Å². The summed E-state index contributed by atoms with van der Waals surface area (Å²) in [6.45, 7) is 0. The van der Waals surface area contributed by atoms with E-state index in [1.54, 1.807) is 18.2 Å². The molecule has 8 heteroatoms. The number of carbonyl (C=O) groups excluding carboxylic acids is 1. The molecular weight excluding hydrogens is 459 g/mol. The van der Waals surface area contributed by atoms with Crippen LogP contribution in [0.25, 0.3) is 6.08 Å². The normalized spacial score (nSPS) is 11.1. The Labute approximate surface area is 152 Å². The molecule has 0 bridgehead atoms. The average Bonchev–Trinajstić information content (AvgIpc) is 2.78. The molecule has 0 saturated heterocycles. The molecule has 1 heterocycles. The van der Waals surface area contributed by atoms with Crippen molar-refractivity contribution in [3.05, 3.63) is 54.8 Å². The number of nitrogens with zero attached hydrogens (tertiary/aromatic N) is 1. The second kappa shape index (κ2) is 7.34. The van der Waals surface area contributed by atoms with E-state index in [1.807, 2.05) is 6.07 Å². The summed E-state index contributed by atoms with van der Waals surface area (Å²) in [5.74, 6) is -0.218. The first kappa shape index (κ1) is 17.1. The lowest BCUT2D eigenvalue weighted by Crippen LogP contribution is -2.13. The molecule has 0 unspecified atom stereocenters. The van der Waals surface area contributed by atoms with Gasteiger partial charge in [-0.25, -0.2) is 0 Å². The third-order valence-corrected chi connectivity index (χ3v) is 4.94. The third-order valence-electron chi connectivity index (χ3n) is 2.49. The molecule has 22 heavy (non-hydrogen) atoms. The maximum Gasteiger partial charge on any atom is 0.266 e. The number of hydrogen-bond acceptors (Lipinski definition) is 3. The number of carbonyl (C=O) groups is 1. The summed E-state index contributed by atoms with van der Waals surface area (Å²) >= 11 is 18.1. The van der Waals surface area contributed by atoms with Crippen LogP contribution >= 0.6 is 55.1 Å². The van der Waals surface area contributed by atoms with E-state index in [2.05, 4.69) is 37.2 Å². The fourth-order valence-electron chi connectivity index (χ4n) is 1.50. The van der Waals surface area contributed by atoms with Crippen molar-refractivity contribution >= 4 is 72.7 Å². The third kappa shape index (κ3) is 4.14. The minimum Gasteiger partial charge on any atom is -0.449 e. The van der Waals surface area contributed by atoms with Gasteiger partial charge in [0.2, 0.25) is 0 Å². The Morgan fingerprint density at radius 3 is 2.55 bits per heavy atom. The molecule has 1 aromatic heterocycles. The van der Waals surface area contributed by atoms with Crippen molar-refractivity contribution in [3.63, 3.8) is 0 Å². The van der Waals surface area contributed by atoms with Crippen LogP contribution in [0.3, 0.4) is 0 Å². The molecule has 1 aromatic carbocycles. The number of hydrogen-bond donors (Lipinski definition) is 1. The minimum atomic E-state index is -0.579. The summed E-state index contributed by atoms with van der Waals surface area (Å²) in [4.78, 5) is 12.1. The summed E-state index contributed by atoms with van der Waals surface area (Å²) in [6.07, 6.45) is 1.34. The zero-order chi connectivity index (χ0) is 16.3. The SMILES string of the molecule is N#C/C(=C/c1cc(Br)c(Br)o1)C(=O)Nc1ccc(Cl)c(Cl)c1. The van der Waals surface area contributed by atoms with Crippen molar-refractivity contribution in [1.29, 1.82) is 5.26 Å². The van der Waals surface area contributed by atoms with E-state index >= 15 is 0 Å². The standard InChI is InChI=1S/C14H6Br2Cl2N2O2/c15-10-5-9(22-13(10)16)3-7(6-19)14(21)20-8-1-2-11(17)12(18)4-8/h1-5H,(H,20,21)/b7-3-. The number of rotatable bonds is 3. The largest absolute Gasteiger partial charge is 0.449 e. The van der Waals surface area contributed by atoms with E-state index in [9.17, 15) is 4.79 Å². The van der Waals surface area contributed by atoms with Gasteiger partial charge in [-0.2, -0.15) is 5.26 Å². The molecule has 2 aromatic rings. The van der Waals surface area contributed by atoms with Gasteiger partial charge in [0.05, 0.1) is 14.5 Å². The van der Waals surface area contributed by atoms with Gasteiger partial charge in [-0.1, -0.05) is 23.2 Å². The first-order valence-corrected chi connectivity index (χ1v) is 8.08. The van der Waals surface area contributed by atoms with E-state index in [0.717, 1.165) is 0 Å². The second-order valence-corrected chi connectivity index (χ2v) is 6.41. The quantitative estimate of drug-likeness (QED) is 0.471. The first-order valence-electron chi connectivity index (χ1n) is 5.73. The van der Waals surface area contributed by atoms with Gasteiger partial charge in [0.15, 0.2) is 4.67 Å². The Bertz CT molecular complexity index is 790. The number of nitriles is 1. The highest BCUT2D eigenvalue weighted by molar-refractivity contribution is 9.13. The molecular formula is C14H6Br2Cl2N2O2. The van der Waals surface area contributed by atoms with E-state index in [4.69, 9.17) is 32.9 Å². The van der Waals surface area contributed by atoms with Crippen molar-refractivity contribution in [2.45, 2.75) is 0 Å². The monoisotopic (exact) mass is 462 g/mol. The lowest BCUT2D eigenvalue weighted by atomic mass is 10.2. The summed E-state index contributed by atoms with van der Waals surface area (Å²) in [5, 5.41) is 12.4. The summed E-state index contributed by atoms with van der Waals surface area (Å²) in [6, 6.07) is 8.09. The highest BCUT2D eigenvalue weighted by Crippen LogP contribution is 2.28. The fraction of sp³-hybridized carbons (Fsp3) is 0. The van der Waals surface area contributed by atoms with Gasteiger partial charge in [0.1, 0.15) is 17.4 Å². The topological polar surface area (TPSA) is 66.0 Å². The minimum absolute atomic E-state index is 0.111. The maximum absolute atomic E-state index is 12.1. The van der Waals surface area contributed by atoms with Gasteiger partial charge in [-0.05, 0) is 56.1 Å². The number of furan rings is 1. The first-order chi connectivity index (χ1) is 10.4. The van der Waals surface area contributed by atoms with Crippen LogP contribution in [0.15, 0.2) is 43.4 Å². The lowest BCUT2D eigenvalue weighted by molar-refractivity contribution is -0.112. The van der Waals surface area contributed by atoms with E-state index < -0.39 is 5.91 Å². The highest BCUT2D eigenvalue weighted by Gasteiger charge is 2.12. The summed E-state index contributed by atoms with van der Waals surface area (Å²) in [7, 11) is 0. The van der Waals surface area contributed by atoms with Gasteiger partial charge < -0.3 is 9.73 Å². The van der Waals surface area contributed by atoms with E-state index in [-0.39, 0.29) is 5.57 Å². The lowest BCUT2D eigenvalue weighted by Gasteiger charge is -2.05. The van der Waals surface area contributed by atoms with Crippen LogP contribution in [0.5, 0.6) is 0 Å². The molecule has 0 radical (unpaired) electrons. The molecule has 0 fully saturated rings. The number of nitrogens with one attached hydrogen (secondary N) is 1. The van der Waals surface area contributed by atoms with Crippen LogP contribution in [0.2, 0.25) is 10.0 Å². The van der Waals surface area contributed by atoms with Crippen LogP contribution in [0, 0.1) is 11.3 Å². The predicted molar refractivity (Wildman–Crippen MR) is 92.8 cm³/mol. The Hall–Kier alpha value is -1.26. The van der Waals surface area contributed by atoms with E-state index in [1.165, 1.54) is 12.1 Å². The van der Waals surface area contributed by atoms with Crippen LogP contribution in [0.4, 0.5) is 5.69 Å². The Morgan fingerprint density at radius 2 is 2.00 bits per heavy atom. The Kier molecular flexibility index (Phi) is 5.70. The molecule has 1 N–H and O–H groups in total. The molecule has 4 nitrogen and oxygen atoms in total. The van der Waals surface area contributed by atoms with Gasteiger partial charge >= 0.3 is 0 Å². The molecule has 0 aliphatic rings. The molecule has 2 rings (SSSR count). The molecule has 0 aliphatic carbocycles. The fourth-order valence-corrected chi connectivity index (χ4v) is 2.40. The van der Waals surface area contributed by atoms with Crippen molar-refractivity contribution in [1.82, 2.24) is 0 Å². The summed E-state index contributed by atoms with van der Waals surface area (Å²) < 4.78 is 6.46.